The van der Waals surface area contributed by atoms with Gasteiger partial charge in [-0.25, -0.2) is 26.3 Å². The molecule has 0 fully saturated rings. The summed E-state index contributed by atoms with van der Waals surface area (Å²) in [6.07, 6.45) is 0. The molecule has 9 nitrogen and oxygen atoms in total. The minimum absolute atomic E-state index is 0.0245. The number of ketones is 1. The molecule has 3 aromatic rings. The Morgan fingerprint density at radius 1 is 1.00 bits per heavy atom. The molecule has 1 heterocycles. The quantitative estimate of drug-likeness (QED) is 0.287. The maximum Gasteiger partial charge on any atom is 0.243 e. The van der Waals surface area contributed by atoms with Gasteiger partial charge in [0.1, 0.15) is 16.3 Å². The van der Waals surface area contributed by atoms with E-state index in [1.807, 2.05) is 0 Å². The average molecular weight is 530 g/mol. The van der Waals surface area contributed by atoms with Crippen molar-refractivity contribution in [2.24, 2.45) is 0 Å². The SMILES string of the molecule is COc1ccc(S(=O)(=O)NCCNS(=O)(=O)c2c(C(C)=O)[nH]c3ccc(Br)cc23)cc1. The minimum atomic E-state index is -4.10. The highest BCUT2D eigenvalue weighted by Crippen LogP contribution is 2.29. The summed E-state index contributed by atoms with van der Waals surface area (Å²) >= 11 is 3.30. The molecule has 166 valence electrons. The Kier molecular flexibility index (Phi) is 6.86. The molecule has 2 aromatic carbocycles. The molecule has 0 aliphatic carbocycles. The van der Waals surface area contributed by atoms with Gasteiger partial charge in [0.25, 0.3) is 0 Å². The number of carbonyl (C=O) groups excluding carboxylic acids is 1. The lowest BCUT2D eigenvalue weighted by Gasteiger charge is -2.10. The van der Waals surface area contributed by atoms with Gasteiger partial charge in [0.15, 0.2) is 5.78 Å². The fourth-order valence-corrected chi connectivity index (χ4v) is 5.78. The van der Waals surface area contributed by atoms with Crippen molar-refractivity contribution in [3.05, 3.63) is 52.6 Å². The van der Waals surface area contributed by atoms with Crippen LogP contribution >= 0.6 is 15.9 Å². The second kappa shape index (κ2) is 9.09. The molecule has 0 radical (unpaired) electrons. The van der Waals surface area contributed by atoms with E-state index in [9.17, 15) is 21.6 Å². The molecule has 31 heavy (non-hydrogen) atoms. The van der Waals surface area contributed by atoms with Crippen molar-refractivity contribution in [1.29, 1.82) is 0 Å². The fraction of sp³-hybridized carbons (Fsp3) is 0.211. The van der Waals surface area contributed by atoms with E-state index in [-0.39, 0.29) is 28.6 Å². The number of fused-ring (bicyclic) bond motifs is 1. The van der Waals surface area contributed by atoms with Crippen molar-refractivity contribution in [2.75, 3.05) is 20.2 Å². The molecule has 3 rings (SSSR count). The number of carbonyl (C=O) groups is 1. The molecule has 0 aliphatic heterocycles. The number of nitrogens with one attached hydrogen (secondary N) is 3. The first-order chi connectivity index (χ1) is 14.5. The van der Waals surface area contributed by atoms with Crippen LogP contribution in [0.4, 0.5) is 0 Å². The predicted octanol–water partition coefficient (Wildman–Crippen LogP) is 2.40. The van der Waals surface area contributed by atoms with Crippen LogP contribution in [0.15, 0.2) is 56.7 Å². The molecular formula is C19H20BrN3O6S2. The third-order valence-electron chi connectivity index (χ3n) is 4.41. The van der Waals surface area contributed by atoms with Crippen LogP contribution in [0.3, 0.4) is 0 Å². The number of rotatable bonds is 9. The molecule has 0 atom stereocenters. The molecule has 1 aromatic heterocycles. The molecule has 0 bridgehead atoms. The fourth-order valence-electron chi connectivity index (χ4n) is 2.95. The van der Waals surface area contributed by atoms with E-state index in [2.05, 4.69) is 30.4 Å². The Balaban J connectivity index is 1.75. The number of hydrogen-bond donors (Lipinski definition) is 3. The first kappa shape index (κ1) is 23.4. The van der Waals surface area contributed by atoms with E-state index in [0.717, 1.165) is 0 Å². The number of sulfonamides is 2. The number of hydrogen-bond acceptors (Lipinski definition) is 6. The van der Waals surface area contributed by atoms with Crippen molar-refractivity contribution in [3.63, 3.8) is 0 Å². The number of Topliss-reactive ketones (excluding diaryl/α,β-unsaturated/α-hetero) is 1. The smallest absolute Gasteiger partial charge is 0.243 e. The number of ether oxygens (including phenoxy) is 1. The van der Waals surface area contributed by atoms with E-state index < -0.39 is 25.8 Å². The van der Waals surface area contributed by atoms with Crippen molar-refractivity contribution < 1.29 is 26.4 Å². The number of aromatic amines is 1. The first-order valence-corrected chi connectivity index (χ1v) is 12.8. The summed E-state index contributed by atoms with van der Waals surface area (Å²) in [5.74, 6) is 0.0752. The zero-order valence-electron chi connectivity index (χ0n) is 16.6. The van der Waals surface area contributed by atoms with E-state index in [1.54, 1.807) is 18.2 Å². The summed E-state index contributed by atoms with van der Waals surface area (Å²) in [6, 6.07) is 10.8. The largest absolute Gasteiger partial charge is 0.497 e. The van der Waals surface area contributed by atoms with Crippen LogP contribution in [0.5, 0.6) is 5.75 Å². The molecule has 3 N–H and O–H groups in total. The van der Waals surface area contributed by atoms with Gasteiger partial charge < -0.3 is 9.72 Å². The van der Waals surface area contributed by atoms with Gasteiger partial charge >= 0.3 is 0 Å². The van der Waals surface area contributed by atoms with Gasteiger partial charge in [-0.2, -0.15) is 0 Å². The Labute approximate surface area is 188 Å². The summed E-state index contributed by atoms with van der Waals surface area (Å²) in [5.41, 5.74) is 0.452. The monoisotopic (exact) mass is 529 g/mol. The standard InChI is InChI=1S/C19H20BrN3O6S2/c1-12(24)18-19(16-11-13(20)3-8-17(16)23-18)31(27,28)22-10-9-21-30(25,26)15-6-4-14(29-2)5-7-15/h3-8,11,21-23H,9-10H2,1-2H3. The molecule has 0 spiro atoms. The molecule has 0 saturated carbocycles. The summed E-state index contributed by atoms with van der Waals surface area (Å²) in [4.78, 5) is 14.7. The summed E-state index contributed by atoms with van der Waals surface area (Å²) in [6.45, 7) is 0.868. The van der Waals surface area contributed by atoms with Gasteiger partial charge in [-0.1, -0.05) is 15.9 Å². The molecule has 0 unspecified atom stereocenters. The first-order valence-electron chi connectivity index (χ1n) is 9.01. The van der Waals surface area contributed by atoms with Crippen LogP contribution in [0.25, 0.3) is 10.9 Å². The Morgan fingerprint density at radius 3 is 2.19 bits per heavy atom. The van der Waals surface area contributed by atoms with Gasteiger partial charge in [0, 0.05) is 35.4 Å². The van der Waals surface area contributed by atoms with Crippen LogP contribution in [0.2, 0.25) is 0 Å². The summed E-state index contributed by atoms with van der Waals surface area (Å²) in [5, 5.41) is 0.353. The number of H-pyrrole nitrogens is 1. The molecule has 12 heteroatoms. The average Bonchev–Trinajstić information content (AvgIpc) is 3.11. The third kappa shape index (κ3) is 5.15. The Morgan fingerprint density at radius 2 is 1.61 bits per heavy atom. The van der Waals surface area contributed by atoms with Gasteiger partial charge in [0.05, 0.1) is 12.0 Å². The van der Waals surface area contributed by atoms with E-state index in [4.69, 9.17) is 4.74 Å². The van der Waals surface area contributed by atoms with Gasteiger partial charge in [-0.05, 0) is 42.5 Å². The summed E-state index contributed by atoms with van der Waals surface area (Å²) in [7, 11) is -6.46. The number of halogens is 1. The zero-order chi connectivity index (χ0) is 22.8. The van der Waals surface area contributed by atoms with E-state index in [0.29, 0.717) is 21.1 Å². The second-order valence-corrected chi connectivity index (χ2v) is 10.9. The number of methoxy groups -OCH3 is 1. The van der Waals surface area contributed by atoms with Crippen molar-refractivity contribution in [3.8, 4) is 5.75 Å². The van der Waals surface area contributed by atoms with Gasteiger partial charge in [-0.15, -0.1) is 0 Å². The lowest BCUT2D eigenvalue weighted by atomic mass is 10.2. The maximum absolute atomic E-state index is 12.9. The highest BCUT2D eigenvalue weighted by atomic mass is 79.9. The molecule has 0 saturated heterocycles. The van der Waals surface area contributed by atoms with E-state index in [1.165, 1.54) is 38.3 Å². The highest BCUT2D eigenvalue weighted by molar-refractivity contribution is 9.10. The van der Waals surface area contributed by atoms with Crippen LogP contribution < -0.4 is 14.2 Å². The van der Waals surface area contributed by atoms with Gasteiger partial charge in [-0.3, -0.25) is 4.79 Å². The van der Waals surface area contributed by atoms with Crippen LogP contribution in [-0.2, 0) is 20.0 Å². The lowest BCUT2D eigenvalue weighted by molar-refractivity contribution is 0.101. The van der Waals surface area contributed by atoms with Crippen LogP contribution in [0.1, 0.15) is 17.4 Å². The van der Waals surface area contributed by atoms with E-state index >= 15 is 0 Å². The van der Waals surface area contributed by atoms with Crippen molar-refractivity contribution in [2.45, 2.75) is 16.7 Å². The molecular weight excluding hydrogens is 510 g/mol. The number of benzene rings is 2. The highest BCUT2D eigenvalue weighted by Gasteiger charge is 2.26. The van der Waals surface area contributed by atoms with Crippen molar-refractivity contribution in [1.82, 2.24) is 14.4 Å². The normalized spacial score (nSPS) is 12.2. The zero-order valence-corrected chi connectivity index (χ0v) is 19.8. The topological polar surface area (TPSA) is 134 Å². The lowest BCUT2D eigenvalue weighted by Crippen LogP contribution is -2.35. The van der Waals surface area contributed by atoms with Crippen LogP contribution in [-0.4, -0.2) is 47.8 Å². The third-order valence-corrected chi connectivity index (χ3v) is 7.93. The Bertz CT molecular complexity index is 1330. The predicted molar refractivity (Wildman–Crippen MR) is 119 cm³/mol. The Hall–Kier alpha value is -2.25. The number of aromatic nitrogens is 1. The minimum Gasteiger partial charge on any atom is -0.497 e. The summed E-state index contributed by atoms with van der Waals surface area (Å²) < 4.78 is 60.9. The maximum atomic E-state index is 12.9. The van der Waals surface area contributed by atoms with Crippen LogP contribution in [0, 0.1) is 0 Å². The molecule has 0 aliphatic rings. The molecule has 0 amide bonds. The van der Waals surface area contributed by atoms with Gasteiger partial charge in [0.2, 0.25) is 20.0 Å². The van der Waals surface area contributed by atoms with Crippen molar-refractivity contribution >= 4 is 52.7 Å². The second-order valence-electron chi connectivity index (χ2n) is 6.55.